The van der Waals surface area contributed by atoms with Crippen LogP contribution in [0.2, 0.25) is 0 Å². The van der Waals surface area contributed by atoms with E-state index in [4.69, 9.17) is 10.8 Å². The van der Waals surface area contributed by atoms with Crippen molar-refractivity contribution in [1.82, 2.24) is 10.2 Å². The molecule has 0 bridgehead atoms. The molecule has 1 aromatic heterocycles. The quantitative estimate of drug-likeness (QED) is 0.646. The van der Waals surface area contributed by atoms with Crippen LogP contribution in [0.15, 0.2) is 16.6 Å². The van der Waals surface area contributed by atoms with E-state index in [1.807, 2.05) is 11.0 Å². The first-order valence-electron chi connectivity index (χ1n) is 9.37. The van der Waals surface area contributed by atoms with Gasteiger partial charge in [0.05, 0.1) is 10.6 Å². The summed E-state index contributed by atoms with van der Waals surface area (Å²) >= 11 is 1.71. The highest BCUT2D eigenvalue weighted by molar-refractivity contribution is 7.13. The number of aliphatic hydroxyl groups is 1. The monoisotopic (exact) mass is 376 g/mol. The number of carbonyl (C=O) groups is 1. The SMILES string of the molecule is CCCN(CCCO)C(=O)C1=Cc2sc(CC3CNC3)cc2N=C(N)C1. The van der Waals surface area contributed by atoms with E-state index in [9.17, 15) is 4.79 Å². The average molecular weight is 377 g/mol. The van der Waals surface area contributed by atoms with Gasteiger partial charge in [-0.05, 0) is 50.4 Å². The highest BCUT2D eigenvalue weighted by atomic mass is 32.1. The number of hydrogen-bond donors (Lipinski definition) is 3. The number of amidine groups is 1. The molecule has 0 spiro atoms. The number of nitrogens with zero attached hydrogens (tertiary/aromatic N) is 2. The van der Waals surface area contributed by atoms with Gasteiger partial charge in [0, 0.05) is 36.6 Å². The third-order valence-corrected chi connectivity index (χ3v) is 5.82. The summed E-state index contributed by atoms with van der Waals surface area (Å²) in [7, 11) is 0. The summed E-state index contributed by atoms with van der Waals surface area (Å²) in [4.78, 5) is 21.7. The van der Waals surface area contributed by atoms with Crippen LogP contribution in [0.3, 0.4) is 0 Å². The molecule has 1 fully saturated rings. The molecule has 3 heterocycles. The third-order valence-electron chi connectivity index (χ3n) is 4.73. The molecule has 1 saturated heterocycles. The number of rotatable bonds is 8. The van der Waals surface area contributed by atoms with Crippen LogP contribution in [0, 0.1) is 5.92 Å². The predicted molar refractivity (Wildman–Crippen MR) is 107 cm³/mol. The number of hydrogen-bond acceptors (Lipinski definition) is 6. The zero-order valence-electron chi connectivity index (χ0n) is 15.3. The fraction of sp³-hybridized carbons (Fsp3) is 0.579. The van der Waals surface area contributed by atoms with Gasteiger partial charge >= 0.3 is 0 Å². The van der Waals surface area contributed by atoms with Gasteiger partial charge in [0.2, 0.25) is 5.91 Å². The molecule has 26 heavy (non-hydrogen) atoms. The Bertz CT molecular complexity index is 706. The van der Waals surface area contributed by atoms with Gasteiger partial charge in [0.15, 0.2) is 0 Å². The zero-order valence-corrected chi connectivity index (χ0v) is 16.1. The van der Waals surface area contributed by atoms with Gasteiger partial charge in [-0.1, -0.05) is 6.92 Å². The maximum Gasteiger partial charge on any atom is 0.250 e. The predicted octanol–water partition coefficient (Wildman–Crippen LogP) is 1.91. The van der Waals surface area contributed by atoms with E-state index in [0.717, 1.165) is 36.5 Å². The lowest BCUT2D eigenvalue weighted by Gasteiger charge is -2.26. The zero-order chi connectivity index (χ0) is 18.5. The second-order valence-corrected chi connectivity index (χ2v) is 8.18. The number of nitrogens with two attached hydrogens (primary N) is 1. The number of thiophene rings is 1. The molecule has 7 heteroatoms. The molecular weight excluding hydrogens is 348 g/mol. The van der Waals surface area contributed by atoms with Gasteiger partial charge in [-0.25, -0.2) is 4.99 Å². The fourth-order valence-electron chi connectivity index (χ4n) is 3.30. The molecule has 4 N–H and O–H groups in total. The summed E-state index contributed by atoms with van der Waals surface area (Å²) in [5.74, 6) is 1.18. The molecule has 2 aliphatic rings. The summed E-state index contributed by atoms with van der Waals surface area (Å²) in [5.41, 5.74) is 7.67. The molecule has 3 rings (SSSR count). The van der Waals surface area contributed by atoms with Crippen LogP contribution >= 0.6 is 11.3 Å². The van der Waals surface area contributed by atoms with Crippen molar-refractivity contribution in [2.45, 2.75) is 32.6 Å². The number of aliphatic imine (C=N–C) groups is 1. The molecule has 142 valence electrons. The van der Waals surface area contributed by atoms with Crippen molar-refractivity contribution < 1.29 is 9.90 Å². The molecule has 0 radical (unpaired) electrons. The largest absolute Gasteiger partial charge is 0.396 e. The lowest BCUT2D eigenvalue weighted by molar-refractivity contribution is -0.127. The van der Waals surface area contributed by atoms with E-state index in [-0.39, 0.29) is 12.5 Å². The summed E-state index contributed by atoms with van der Waals surface area (Å²) in [6.07, 6.45) is 4.87. The van der Waals surface area contributed by atoms with Crippen molar-refractivity contribution in [3.63, 3.8) is 0 Å². The molecule has 1 amide bonds. The lowest BCUT2D eigenvalue weighted by atomic mass is 9.98. The maximum absolute atomic E-state index is 13.0. The standard InChI is InChI=1S/C19H28N4O2S/c1-2-4-23(5-3-6-24)19(25)14-8-17-16(22-18(20)9-14)10-15(26-17)7-13-11-21-12-13/h8,10,13,21,24H,2-7,9,11-12H2,1H3,(H2,20,22). The second-order valence-electron chi connectivity index (χ2n) is 7.01. The van der Waals surface area contributed by atoms with Crippen molar-refractivity contribution in [2.75, 3.05) is 32.8 Å². The smallest absolute Gasteiger partial charge is 0.250 e. The molecule has 0 unspecified atom stereocenters. The average Bonchev–Trinajstić information content (AvgIpc) is 2.87. The lowest BCUT2D eigenvalue weighted by Crippen LogP contribution is -2.42. The van der Waals surface area contributed by atoms with E-state index in [2.05, 4.69) is 23.3 Å². The molecule has 0 aromatic carbocycles. The van der Waals surface area contributed by atoms with Crippen LogP contribution in [0.1, 0.15) is 35.9 Å². The molecule has 2 aliphatic heterocycles. The van der Waals surface area contributed by atoms with E-state index in [1.165, 1.54) is 4.88 Å². The first-order chi connectivity index (χ1) is 12.6. The Balaban J connectivity index is 1.81. The van der Waals surface area contributed by atoms with Gasteiger partial charge in [-0.15, -0.1) is 11.3 Å². The van der Waals surface area contributed by atoms with Crippen LogP contribution in [0.25, 0.3) is 6.08 Å². The highest BCUT2D eigenvalue weighted by Gasteiger charge is 2.23. The second kappa shape index (κ2) is 8.79. The summed E-state index contributed by atoms with van der Waals surface area (Å²) in [6.45, 7) is 5.54. The van der Waals surface area contributed by atoms with Gasteiger partial charge < -0.3 is 21.1 Å². The Hall–Kier alpha value is -1.70. The number of nitrogens with one attached hydrogen (secondary N) is 1. The maximum atomic E-state index is 13.0. The molecule has 0 aliphatic carbocycles. The van der Waals surface area contributed by atoms with E-state index >= 15 is 0 Å². The summed E-state index contributed by atoms with van der Waals surface area (Å²) < 4.78 is 0. The number of fused-ring (bicyclic) bond motifs is 1. The van der Waals surface area contributed by atoms with Gasteiger partial charge in [-0.3, -0.25) is 4.79 Å². The summed E-state index contributed by atoms with van der Waals surface area (Å²) in [5, 5.41) is 12.4. The van der Waals surface area contributed by atoms with Crippen molar-refractivity contribution in [3.8, 4) is 0 Å². The van der Waals surface area contributed by atoms with E-state index in [1.54, 1.807) is 11.3 Å². The number of carbonyl (C=O) groups excluding carboxylic acids is 1. The first-order valence-corrected chi connectivity index (χ1v) is 10.2. The fourth-order valence-corrected chi connectivity index (χ4v) is 4.48. The van der Waals surface area contributed by atoms with Gasteiger partial charge in [0.25, 0.3) is 0 Å². The van der Waals surface area contributed by atoms with Crippen LogP contribution in [0.4, 0.5) is 5.69 Å². The Morgan fingerprint density at radius 2 is 2.27 bits per heavy atom. The van der Waals surface area contributed by atoms with Crippen LogP contribution in [-0.2, 0) is 11.2 Å². The van der Waals surface area contributed by atoms with Crippen molar-refractivity contribution >= 4 is 34.8 Å². The number of aliphatic hydroxyl groups excluding tert-OH is 1. The van der Waals surface area contributed by atoms with Crippen LogP contribution < -0.4 is 11.1 Å². The molecule has 0 atom stereocenters. The minimum atomic E-state index is 0.00411. The Labute approximate surface area is 158 Å². The van der Waals surface area contributed by atoms with Crippen molar-refractivity contribution in [2.24, 2.45) is 16.6 Å². The minimum Gasteiger partial charge on any atom is -0.396 e. The molecular formula is C19H28N4O2S. The first kappa shape index (κ1) is 19.1. The summed E-state index contributed by atoms with van der Waals surface area (Å²) in [6, 6.07) is 2.12. The normalized spacial score (nSPS) is 17.0. The molecule has 6 nitrogen and oxygen atoms in total. The van der Waals surface area contributed by atoms with Crippen LogP contribution in [-0.4, -0.2) is 54.5 Å². The molecule has 0 saturated carbocycles. The van der Waals surface area contributed by atoms with Gasteiger partial charge in [-0.2, -0.15) is 0 Å². The molecule has 1 aromatic rings. The van der Waals surface area contributed by atoms with Crippen LogP contribution in [0.5, 0.6) is 0 Å². The Kier molecular flexibility index (Phi) is 6.45. The third kappa shape index (κ3) is 4.52. The highest BCUT2D eigenvalue weighted by Crippen LogP contribution is 2.36. The van der Waals surface area contributed by atoms with Crippen molar-refractivity contribution in [1.29, 1.82) is 0 Å². The Morgan fingerprint density at radius 3 is 2.92 bits per heavy atom. The topological polar surface area (TPSA) is 91.0 Å². The van der Waals surface area contributed by atoms with Crippen molar-refractivity contribution in [3.05, 3.63) is 21.4 Å². The van der Waals surface area contributed by atoms with Gasteiger partial charge in [0.1, 0.15) is 5.84 Å². The minimum absolute atomic E-state index is 0.00411. The Morgan fingerprint density at radius 1 is 1.46 bits per heavy atom. The van der Waals surface area contributed by atoms with E-state index in [0.29, 0.717) is 43.3 Å². The number of amides is 1. The van der Waals surface area contributed by atoms with E-state index < -0.39 is 0 Å².